The first-order chi connectivity index (χ1) is 11.9. The number of hydrogen-bond donors (Lipinski definition) is 1. The van der Waals surface area contributed by atoms with Crippen molar-refractivity contribution in [2.24, 2.45) is 0 Å². The second-order valence-corrected chi connectivity index (χ2v) is 7.80. The number of nitrogens with zero attached hydrogens (tertiary/aromatic N) is 1. The smallest absolute Gasteiger partial charge is 0.261 e. The van der Waals surface area contributed by atoms with E-state index in [2.05, 4.69) is 9.62 Å². The highest BCUT2D eigenvalue weighted by molar-refractivity contribution is 7.92. The number of anilines is 2. The van der Waals surface area contributed by atoms with E-state index in [1.165, 1.54) is 25.3 Å². The summed E-state index contributed by atoms with van der Waals surface area (Å²) in [6, 6.07) is 11.6. The monoisotopic (exact) mass is 382 g/mol. The molecule has 0 saturated carbocycles. The van der Waals surface area contributed by atoms with Crippen molar-refractivity contribution in [1.82, 2.24) is 0 Å². The zero-order valence-corrected chi connectivity index (χ0v) is 15.5. The van der Waals surface area contributed by atoms with Crippen LogP contribution in [0.25, 0.3) is 0 Å². The van der Waals surface area contributed by atoms with E-state index in [1.54, 1.807) is 19.2 Å². The van der Waals surface area contributed by atoms with Gasteiger partial charge in [0.25, 0.3) is 10.0 Å². The van der Waals surface area contributed by atoms with Gasteiger partial charge in [0, 0.05) is 31.6 Å². The van der Waals surface area contributed by atoms with Crippen molar-refractivity contribution in [1.29, 1.82) is 0 Å². The molecule has 2 aromatic rings. The Morgan fingerprint density at radius 3 is 2.36 bits per heavy atom. The fraction of sp³-hybridized carbons (Fsp3) is 0.294. The highest BCUT2D eigenvalue weighted by Gasteiger charge is 2.26. The third-order valence-electron chi connectivity index (χ3n) is 4.10. The first kappa shape index (κ1) is 17.8. The molecule has 1 N–H and O–H groups in total. The summed E-state index contributed by atoms with van der Waals surface area (Å²) in [6.45, 7) is 1.68. The molecule has 0 bridgehead atoms. The lowest BCUT2D eigenvalue weighted by molar-refractivity contribution is 0.0788. The molecule has 1 heterocycles. The lowest BCUT2D eigenvalue weighted by atomic mass is 10.1. The molecule has 0 amide bonds. The third-order valence-corrected chi connectivity index (χ3v) is 5.77. The Morgan fingerprint density at radius 1 is 1.12 bits per heavy atom. The van der Waals surface area contributed by atoms with Crippen LogP contribution < -0.4 is 14.4 Å². The van der Waals surface area contributed by atoms with Gasteiger partial charge in [-0.25, -0.2) is 8.42 Å². The number of halogens is 1. The van der Waals surface area contributed by atoms with Crippen LogP contribution >= 0.6 is 11.6 Å². The lowest BCUT2D eigenvalue weighted by Crippen LogP contribution is -2.51. The number of ether oxygens (including phenoxy) is 2. The van der Waals surface area contributed by atoms with Crippen molar-refractivity contribution in [3.63, 3.8) is 0 Å². The van der Waals surface area contributed by atoms with E-state index in [0.29, 0.717) is 11.4 Å². The zero-order valence-electron chi connectivity index (χ0n) is 13.9. The van der Waals surface area contributed by atoms with Gasteiger partial charge in [0.1, 0.15) is 5.75 Å². The Bertz CT molecular complexity index is 849. The number of methoxy groups -OCH3 is 2. The second-order valence-electron chi connectivity index (χ2n) is 5.71. The Kier molecular flexibility index (Phi) is 5.08. The topological polar surface area (TPSA) is 67.9 Å². The summed E-state index contributed by atoms with van der Waals surface area (Å²) in [5, 5.41) is 0.242. The molecule has 25 heavy (non-hydrogen) atoms. The fourth-order valence-electron chi connectivity index (χ4n) is 2.57. The van der Waals surface area contributed by atoms with E-state index in [0.717, 1.165) is 18.8 Å². The van der Waals surface area contributed by atoms with Crippen LogP contribution in [0.2, 0.25) is 5.02 Å². The molecule has 3 rings (SSSR count). The van der Waals surface area contributed by atoms with Gasteiger partial charge in [0.15, 0.2) is 0 Å². The van der Waals surface area contributed by atoms with Crippen LogP contribution in [0.15, 0.2) is 47.4 Å². The molecule has 0 aliphatic carbocycles. The third kappa shape index (κ3) is 3.84. The van der Waals surface area contributed by atoms with Gasteiger partial charge < -0.3 is 14.4 Å². The number of benzene rings is 2. The van der Waals surface area contributed by atoms with Crippen LogP contribution in [0, 0.1) is 0 Å². The van der Waals surface area contributed by atoms with Crippen LogP contribution in [0.1, 0.15) is 0 Å². The minimum Gasteiger partial charge on any atom is -0.495 e. The summed E-state index contributed by atoms with van der Waals surface area (Å²) in [4.78, 5) is 2.24. The summed E-state index contributed by atoms with van der Waals surface area (Å²) >= 11 is 6.01. The molecule has 6 nitrogen and oxygen atoms in total. The molecule has 1 saturated heterocycles. The molecule has 0 radical (unpaired) electrons. The number of sulfonamides is 1. The minimum absolute atomic E-state index is 0.0769. The van der Waals surface area contributed by atoms with E-state index in [-0.39, 0.29) is 16.0 Å². The van der Waals surface area contributed by atoms with Gasteiger partial charge in [-0.05, 0) is 42.5 Å². The van der Waals surface area contributed by atoms with Crippen molar-refractivity contribution in [2.75, 3.05) is 36.9 Å². The predicted octanol–water partition coefficient (Wildman–Crippen LogP) is 2.98. The maximum absolute atomic E-state index is 12.5. The van der Waals surface area contributed by atoms with Gasteiger partial charge in [0.05, 0.1) is 23.1 Å². The lowest BCUT2D eigenvalue weighted by Gasteiger charge is -2.40. The van der Waals surface area contributed by atoms with Crippen LogP contribution in [-0.4, -0.2) is 41.8 Å². The standard InChI is InChI=1S/C17H19ClN2O4S/c1-23-14-10-20(11-14)13-5-3-12(4-6-13)19-25(21,22)15-7-8-17(24-2)16(18)9-15/h3-9,14,19H,10-11H2,1-2H3. The molecule has 134 valence electrons. The van der Waals surface area contributed by atoms with E-state index in [4.69, 9.17) is 21.1 Å². The summed E-state index contributed by atoms with van der Waals surface area (Å²) in [7, 11) is -0.548. The van der Waals surface area contributed by atoms with Gasteiger partial charge in [0.2, 0.25) is 0 Å². The van der Waals surface area contributed by atoms with E-state index in [9.17, 15) is 8.42 Å². The quantitative estimate of drug-likeness (QED) is 0.831. The molecular formula is C17H19ClN2O4S. The Morgan fingerprint density at radius 2 is 1.80 bits per heavy atom. The zero-order chi connectivity index (χ0) is 18.0. The molecule has 2 aromatic carbocycles. The average molecular weight is 383 g/mol. The molecule has 0 spiro atoms. The second kappa shape index (κ2) is 7.11. The maximum atomic E-state index is 12.5. The number of hydrogen-bond acceptors (Lipinski definition) is 5. The molecule has 0 atom stereocenters. The molecule has 8 heteroatoms. The molecule has 0 unspecified atom stereocenters. The Labute approximate surface area is 152 Å². The maximum Gasteiger partial charge on any atom is 0.261 e. The van der Waals surface area contributed by atoms with Crippen LogP contribution in [0.3, 0.4) is 0 Å². The van der Waals surface area contributed by atoms with E-state index in [1.807, 2.05) is 12.1 Å². The molecular weight excluding hydrogens is 364 g/mol. The van der Waals surface area contributed by atoms with E-state index >= 15 is 0 Å². The summed E-state index contributed by atoms with van der Waals surface area (Å²) in [5.74, 6) is 0.425. The summed E-state index contributed by atoms with van der Waals surface area (Å²) in [6.07, 6.45) is 0.262. The molecule has 0 aromatic heterocycles. The SMILES string of the molecule is COc1ccc(S(=O)(=O)Nc2ccc(N3CC(OC)C3)cc2)cc1Cl. The van der Waals surface area contributed by atoms with Crippen LogP contribution in [0.4, 0.5) is 11.4 Å². The van der Waals surface area contributed by atoms with Crippen molar-refractivity contribution >= 4 is 33.0 Å². The average Bonchev–Trinajstić information content (AvgIpc) is 2.55. The van der Waals surface area contributed by atoms with Gasteiger partial charge >= 0.3 is 0 Å². The van der Waals surface area contributed by atoms with Gasteiger partial charge in [-0.1, -0.05) is 11.6 Å². The largest absolute Gasteiger partial charge is 0.495 e. The number of rotatable bonds is 6. The Balaban J connectivity index is 1.71. The van der Waals surface area contributed by atoms with Crippen molar-refractivity contribution < 1.29 is 17.9 Å². The predicted molar refractivity (Wildman–Crippen MR) is 98.3 cm³/mol. The summed E-state index contributed by atoms with van der Waals surface area (Å²) in [5.41, 5.74) is 1.52. The fourth-order valence-corrected chi connectivity index (χ4v) is 3.97. The molecule has 1 fully saturated rings. The highest BCUT2D eigenvalue weighted by Crippen LogP contribution is 2.29. The van der Waals surface area contributed by atoms with E-state index < -0.39 is 10.0 Å². The molecule has 1 aliphatic heterocycles. The van der Waals surface area contributed by atoms with Gasteiger partial charge in [-0.3, -0.25) is 4.72 Å². The van der Waals surface area contributed by atoms with Gasteiger partial charge in [-0.15, -0.1) is 0 Å². The number of nitrogens with one attached hydrogen (secondary N) is 1. The first-order valence-electron chi connectivity index (χ1n) is 7.67. The van der Waals surface area contributed by atoms with Crippen molar-refractivity contribution in [2.45, 2.75) is 11.0 Å². The minimum atomic E-state index is -3.72. The van der Waals surface area contributed by atoms with Crippen molar-refractivity contribution in [3.8, 4) is 5.75 Å². The Hall–Kier alpha value is -1.96. The molecule has 1 aliphatic rings. The first-order valence-corrected chi connectivity index (χ1v) is 9.53. The van der Waals surface area contributed by atoms with Crippen LogP contribution in [-0.2, 0) is 14.8 Å². The normalized spacial score (nSPS) is 14.9. The highest BCUT2D eigenvalue weighted by atomic mass is 35.5. The van der Waals surface area contributed by atoms with Crippen LogP contribution in [0.5, 0.6) is 5.75 Å². The summed E-state index contributed by atoms with van der Waals surface area (Å²) < 4.78 is 37.8. The van der Waals surface area contributed by atoms with Crippen molar-refractivity contribution in [3.05, 3.63) is 47.5 Å². The van der Waals surface area contributed by atoms with Gasteiger partial charge in [-0.2, -0.15) is 0 Å².